The van der Waals surface area contributed by atoms with Gasteiger partial charge in [0.05, 0.1) is 12.0 Å². The van der Waals surface area contributed by atoms with Crippen molar-refractivity contribution in [1.82, 2.24) is 0 Å². The number of fused-ring (bicyclic) bond motifs is 1. The molecule has 2 aliphatic carbocycles. The van der Waals surface area contributed by atoms with Crippen LogP contribution >= 0.6 is 0 Å². The van der Waals surface area contributed by atoms with Crippen molar-refractivity contribution in [2.45, 2.75) is 19.8 Å². The van der Waals surface area contributed by atoms with Crippen LogP contribution in [-0.4, -0.2) is 0 Å². The van der Waals surface area contributed by atoms with E-state index in [4.69, 9.17) is 5.26 Å². The number of hydrogen-bond donors (Lipinski definition) is 0. The first kappa shape index (κ1) is 5.29. The van der Waals surface area contributed by atoms with Crippen LogP contribution in [0.3, 0.4) is 0 Å². The molecular formula is C8H11N. The van der Waals surface area contributed by atoms with Gasteiger partial charge in [-0.3, -0.25) is 0 Å². The summed E-state index contributed by atoms with van der Waals surface area (Å²) in [5.74, 6) is 2.99. The molecule has 0 N–H and O–H groups in total. The van der Waals surface area contributed by atoms with Crippen LogP contribution < -0.4 is 0 Å². The predicted molar refractivity (Wildman–Crippen MR) is 34.5 cm³/mol. The zero-order chi connectivity index (χ0) is 6.43. The molecule has 0 spiro atoms. The number of nitriles is 1. The van der Waals surface area contributed by atoms with Crippen molar-refractivity contribution in [3.63, 3.8) is 0 Å². The van der Waals surface area contributed by atoms with Crippen LogP contribution in [0.2, 0.25) is 0 Å². The van der Waals surface area contributed by atoms with Crippen LogP contribution in [-0.2, 0) is 0 Å². The lowest BCUT2D eigenvalue weighted by atomic mass is 10.0. The fraction of sp³-hybridized carbons (Fsp3) is 0.875. The Morgan fingerprint density at radius 2 is 1.89 bits per heavy atom. The zero-order valence-corrected chi connectivity index (χ0v) is 5.67. The highest BCUT2D eigenvalue weighted by atomic mass is 14.6. The summed E-state index contributed by atoms with van der Waals surface area (Å²) in [6.45, 7) is 2.29. The average molecular weight is 121 g/mol. The van der Waals surface area contributed by atoms with Crippen molar-refractivity contribution in [3.05, 3.63) is 0 Å². The zero-order valence-electron chi connectivity index (χ0n) is 5.67. The first-order chi connectivity index (χ1) is 4.33. The lowest BCUT2D eigenvalue weighted by molar-refractivity contribution is 0.507. The summed E-state index contributed by atoms with van der Waals surface area (Å²) in [5, 5.41) is 8.55. The quantitative estimate of drug-likeness (QED) is 0.479. The van der Waals surface area contributed by atoms with Gasteiger partial charge in [0.25, 0.3) is 0 Å². The topological polar surface area (TPSA) is 23.8 Å². The van der Waals surface area contributed by atoms with Crippen LogP contribution in [0.15, 0.2) is 0 Å². The second-order valence-corrected chi connectivity index (χ2v) is 3.56. The Bertz CT molecular complexity index is 156. The summed E-state index contributed by atoms with van der Waals surface area (Å²) in [5.41, 5.74) is 0. The Hall–Kier alpha value is -0.510. The van der Waals surface area contributed by atoms with Gasteiger partial charge in [-0.05, 0) is 30.6 Å². The molecule has 0 heterocycles. The molecule has 0 aromatic rings. The van der Waals surface area contributed by atoms with Gasteiger partial charge >= 0.3 is 0 Å². The smallest absolute Gasteiger partial charge is 0.0661 e. The fourth-order valence-electron chi connectivity index (χ4n) is 2.30. The summed E-state index contributed by atoms with van der Waals surface area (Å²) < 4.78 is 0. The molecule has 0 aromatic heterocycles. The molecule has 1 heteroatoms. The van der Waals surface area contributed by atoms with E-state index >= 15 is 0 Å². The van der Waals surface area contributed by atoms with Gasteiger partial charge in [-0.2, -0.15) is 5.26 Å². The van der Waals surface area contributed by atoms with E-state index in [1.165, 1.54) is 12.8 Å². The average Bonchev–Trinajstić information content (AvgIpc) is 2.30. The molecule has 0 saturated heterocycles. The minimum absolute atomic E-state index is 0.459. The van der Waals surface area contributed by atoms with Crippen LogP contribution in [0, 0.1) is 35.0 Å². The summed E-state index contributed by atoms with van der Waals surface area (Å²) >= 11 is 0. The van der Waals surface area contributed by atoms with Gasteiger partial charge in [0.1, 0.15) is 0 Å². The van der Waals surface area contributed by atoms with E-state index in [9.17, 15) is 0 Å². The number of rotatable bonds is 0. The molecule has 2 fully saturated rings. The van der Waals surface area contributed by atoms with Crippen LogP contribution in [0.4, 0.5) is 0 Å². The van der Waals surface area contributed by atoms with Crippen molar-refractivity contribution in [1.29, 1.82) is 5.26 Å². The van der Waals surface area contributed by atoms with E-state index in [1.54, 1.807) is 0 Å². The summed E-state index contributed by atoms with van der Waals surface area (Å²) in [6, 6.07) is 2.36. The van der Waals surface area contributed by atoms with E-state index in [0.29, 0.717) is 5.92 Å². The van der Waals surface area contributed by atoms with E-state index in [0.717, 1.165) is 17.8 Å². The Morgan fingerprint density at radius 1 is 1.33 bits per heavy atom. The van der Waals surface area contributed by atoms with Crippen LogP contribution in [0.25, 0.3) is 0 Å². The molecule has 2 aliphatic rings. The highest BCUT2D eigenvalue weighted by Gasteiger charge is 2.55. The van der Waals surface area contributed by atoms with Gasteiger partial charge in [-0.1, -0.05) is 6.92 Å². The largest absolute Gasteiger partial charge is 0.198 e. The molecule has 0 amide bonds. The van der Waals surface area contributed by atoms with Gasteiger partial charge < -0.3 is 0 Å². The minimum atomic E-state index is 0.459. The summed E-state index contributed by atoms with van der Waals surface area (Å²) in [6.07, 6.45) is 2.64. The van der Waals surface area contributed by atoms with Crippen molar-refractivity contribution in [2.24, 2.45) is 23.7 Å². The van der Waals surface area contributed by atoms with E-state index < -0.39 is 0 Å². The third kappa shape index (κ3) is 0.594. The highest BCUT2D eigenvalue weighted by molar-refractivity contribution is 5.12. The maximum Gasteiger partial charge on any atom is 0.0661 e. The van der Waals surface area contributed by atoms with Crippen LogP contribution in [0.5, 0.6) is 0 Å². The third-order valence-corrected chi connectivity index (χ3v) is 2.83. The first-order valence-electron chi connectivity index (χ1n) is 3.72. The Kier molecular flexibility index (Phi) is 0.883. The third-order valence-electron chi connectivity index (χ3n) is 2.83. The second-order valence-electron chi connectivity index (χ2n) is 3.56. The maximum atomic E-state index is 8.55. The van der Waals surface area contributed by atoms with Crippen molar-refractivity contribution in [2.75, 3.05) is 0 Å². The predicted octanol–water partition coefficient (Wildman–Crippen LogP) is 1.80. The molecule has 2 saturated carbocycles. The maximum absolute atomic E-state index is 8.55. The Morgan fingerprint density at radius 3 is 2.33 bits per heavy atom. The van der Waals surface area contributed by atoms with E-state index in [1.807, 2.05) is 0 Å². The molecule has 0 radical (unpaired) electrons. The molecule has 0 bridgehead atoms. The monoisotopic (exact) mass is 121 g/mol. The fourth-order valence-corrected chi connectivity index (χ4v) is 2.30. The van der Waals surface area contributed by atoms with Gasteiger partial charge in [0, 0.05) is 0 Å². The second kappa shape index (κ2) is 1.50. The standard InChI is InChI=1S/C8H11N/c1-5-2-6-7(3-5)8(6)4-9/h5-8H,2-3H2,1H3/t5?,6-,7+,8+. The molecule has 0 aromatic carbocycles. The molecule has 48 valence electrons. The Balaban J connectivity index is 2.00. The molecule has 1 nitrogen and oxygen atoms in total. The molecular weight excluding hydrogens is 110 g/mol. The van der Waals surface area contributed by atoms with Gasteiger partial charge in [-0.15, -0.1) is 0 Å². The minimum Gasteiger partial charge on any atom is -0.198 e. The summed E-state index contributed by atoms with van der Waals surface area (Å²) in [7, 11) is 0. The van der Waals surface area contributed by atoms with Crippen LogP contribution in [0.1, 0.15) is 19.8 Å². The lowest BCUT2D eigenvalue weighted by Crippen LogP contribution is -1.93. The van der Waals surface area contributed by atoms with Gasteiger partial charge in [0.2, 0.25) is 0 Å². The van der Waals surface area contributed by atoms with Gasteiger partial charge in [-0.25, -0.2) is 0 Å². The van der Waals surface area contributed by atoms with Crippen molar-refractivity contribution in [3.8, 4) is 6.07 Å². The highest BCUT2D eigenvalue weighted by Crippen LogP contribution is 2.58. The summed E-state index contributed by atoms with van der Waals surface area (Å²) in [4.78, 5) is 0. The molecule has 9 heavy (non-hydrogen) atoms. The number of nitrogens with zero attached hydrogens (tertiary/aromatic N) is 1. The van der Waals surface area contributed by atoms with Crippen molar-refractivity contribution >= 4 is 0 Å². The SMILES string of the molecule is CC1C[C@@H]2[C@@H](C#N)[C@@H]2C1. The Labute approximate surface area is 55.7 Å². The van der Waals surface area contributed by atoms with E-state index in [-0.39, 0.29) is 0 Å². The molecule has 2 rings (SSSR count). The molecule has 0 aliphatic heterocycles. The lowest BCUT2D eigenvalue weighted by Gasteiger charge is -2.01. The normalized spacial score (nSPS) is 54.2. The molecule has 1 unspecified atom stereocenters. The van der Waals surface area contributed by atoms with Gasteiger partial charge in [0.15, 0.2) is 0 Å². The first-order valence-corrected chi connectivity index (χ1v) is 3.72. The molecule has 4 atom stereocenters. The van der Waals surface area contributed by atoms with E-state index in [2.05, 4.69) is 13.0 Å². The number of hydrogen-bond acceptors (Lipinski definition) is 1. The van der Waals surface area contributed by atoms with Crippen molar-refractivity contribution < 1.29 is 0 Å².